The van der Waals surface area contributed by atoms with Crippen molar-refractivity contribution in [2.75, 3.05) is 33.1 Å². The number of aromatic nitrogens is 1. The molecule has 1 saturated heterocycles. The summed E-state index contributed by atoms with van der Waals surface area (Å²) >= 11 is 0. The molecule has 0 aliphatic carbocycles. The van der Waals surface area contributed by atoms with E-state index >= 15 is 0 Å². The van der Waals surface area contributed by atoms with E-state index in [0.29, 0.717) is 18.8 Å². The number of benzene rings is 1. The smallest absolute Gasteiger partial charge is 0.338 e. The first kappa shape index (κ1) is 21.4. The minimum Gasteiger partial charge on any atom is -0.459 e. The Bertz CT molecular complexity index is 1240. The zero-order valence-electron chi connectivity index (χ0n) is 19.2. The fourth-order valence-corrected chi connectivity index (χ4v) is 4.41. The van der Waals surface area contributed by atoms with Crippen molar-refractivity contribution in [3.8, 4) is 22.6 Å². The molecule has 2 aliphatic rings. The van der Waals surface area contributed by atoms with E-state index in [1.165, 1.54) is 0 Å². The van der Waals surface area contributed by atoms with Gasteiger partial charge in [-0.1, -0.05) is 12.6 Å². The summed E-state index contributed by atoms with van der Waals surface area (Å²) in [5.74, 6) is 1.16. The van der Waals surface area contributed by atoms with Crippen LogP contribution in [0.2, 0.25) is 0 Å². The molecular weight excluding hydrogens is 420 g/mol. The second-order valence-corrected chi connectivity index (χ2v) is 8.62. The van der Waals surface area contributed by atoms with Gasteiger partial charge in [0.2, 0.25) is 6.79 Å². The number of morpholine rings is 1. The van der Waals surface area contributed by atoms with Gasteiger partial charge in [0.25, 0.3) is 0 Å². The Balaban J connectivity index is 1.65. The first-order chi connectivity index (χ1) is 15.9. The van der Waals surface area contributed by atoms with Crippen molar-refractivity contribution < 1.29 is 23.7 Å². The second kappa shape index (κ2) is 8.48. The van der Waals surface area contributed by atoms with Crippen molar-refractivity contribution in [3.63, 3.8) is 0 Å². The normalized spacial score (nSPS) is 15.3. The predicted molar refractivity (Wildman–Crippen MR) is 126 cm³/mol. The van der Waals surface area contributed by atoms with Crippen molar-refractivity contribution in [2.45, 2.75) is 26.9 Å². The topological polar surface area (TPSA) is 61.6 Å². The molecule has 1 aromatic carbocycles. The molecule has 172 valence electrons. The maximum atomic E-state index is 13.0. The molecule has 7 heteroatoms. The van der Waals surface area contributed by atoms with Crippen LogP contribution in [0.25, 0.3) is 22.3 Å². The first-order valence-electron chi connectivity index (χ1n) is 11.2. The van der Waals surface area contributed by atoms with Gasteiger partial charge in [0.1, 0.15) is 0 Å². The van der Waals surface area contributed by atoms with Gasteiger partial charge in [-0.2, -0.15) is 0 Å². The molecule has 2 aliphatic heterocycles. The highest BCUT2D eigenvalue weighted by Crippen LogP contribution is 2.37. The molecule has 7 nitrogen and oxygen atoms in total. The Morgan fingerprint density at radius 3 is 2.58 bits per heavy atom. The summed E-state index contributed by atoms with van der Waals surface area (Å²) in [5.41, 5.74) is 6.08. The highest BCUT2D eigenvalue weighted by atomic mass is 16.7. The van der Waals surface area contributed by atoms with Crippen LogP contribution in [0.15, 0.2) is 43.1 Å². The minimum atomic E-state index is -0.327. The predicted octanol–water partition coefficient (Wildman–Crippen LogP) is 4.51. The van der Waals surface area contributed by atoms with Crippen LogP contribution in [0.1, 0.15) is 35.5 Å². The minimum absolute atomic E-state index is 0.199. The van der Waals surface area contributed by atoms with Crippen LogP contribution in [0.4, 0.5) is 0 Å². The molecule has 0 bridgehead atoms. The van der Waals surface area contributed by atoms with Crippen molar-refractivity contribution in [1.29, 1.82) is 0 Å². The summed E-state index contributed by atoms with van der Waals surface area (Å²) in [4.78, 5) is 15.2. The Kier molecular flexibility index (Phi) is 5.50. The average Bonchev–Trinajstić information content (AvgIpc) is 3.44. The number of rotatable bonds is 5. The number of esters is 1. The van der Waals surface area contributed by atoms with Gasteiger partial charge in [0, 0.05) is 30.4 Å². The first-order valence-corrected chi connectivity index (χ1v) is 11.2. The number of pyridine rings is 1. The lowest BCUT2D eigenvalue weighted by Crippen LogP contribution is -2.35. The number of carbonyl (C=O) groups excluding carboxylic acids is 1. The van der Waals surface area contributed by atoms with Gasteiger partial charge in [-0.05, 0) is 56.2 Å². The van der Waals surface area contributed by atoms with Crippen LogP contribution < -0.4 is 9.47 Å². The molecule has 1 fully saturated rings. The lowest BCUT2D eigenvalue weighted by molar-refractivity contribution is 0.0376. The lowest BCUT2D eigenvalue weighted by atomic mass is 10.0. The molecule has 0 atom stereocenters. The third-order valence-electron chi connectivity index (χ3n) is 6.08. The Morgan fingerprint density at radius 2 is 1.82 bits per heavy atom. The van der Waals surface area contributed by atoms with Gasteiger partial charge in [-0.3, -0.25) is 0 Å². The summed E-state index contributed by atoms with van der Waals surface area (Å²) in [5, 5.41) is 0. The van der Waals surface area contributed by atoms with Gasteiger partial charge < -0.3 is 28.2 Å². The summed E-state index contributed by atoms with van der Waals surface area (Å²) in [6, 6.07) is 9.88. The van der Waals surface area contributed by atoms with Crippen LogP contribution in [-0.4, -0.2) is 54.5 Å². The summed E-state index contributed by atoms with van der Waals surface area (Å²) < 4.78 is 24.2. The molecule has 0 saturated carbocycles. The third-order valence-corrected chi connectivity index (χ3v) is 6.08. The van der Waals surface area contributed by atoms with Gasteiger partial charge in [-0.25, -0.2) is 4.79 Å². The van der Waals surface area contributed by atoms with E-state index < -0.39 is 0 Å². The quantitative estimate of drug-likeness (QED) is 0.535. The molecule has 3 aromatic rings. The molecular formula is C26H28N2O5. The van der Waals surface area contributed by atoms with E-state index in [4.69, 9.17) is 18.9 Å². The molecule has 0 amide bonds. The molecule has 4 heterocycles. The van der Waals surface area contributed by atoms with E-state index in [9.17, 15) is 4.79 Å². The summed E-state index contributed by atoms with van der Waals surface area (Å²) in [7, 11) is 0. The zero-order chi connectivity index (χ0) is 23.1. The van der Waals surface area contributed by atoms with E-state index in [2.05, 4.69) is 28.1 Å². The van der Waals surface area contributed by atoms with E-state index in [-0.39, 0.29) is 18.9 Å². The highest BCUT2D eigenvalue weighted by molar-refractivity contribution is 5.94. The zero-order valence-corrected chi connectivity index (χ0v) is 19.2. The number of hydrogen-bond acceptors (Lipinski definition) is 6. The molecule has 0 radical (unpaired) electrons. The van der Waals surface area contributed by atoms with Crippen LogP contribution in [0.5, 0.6) is 11.5 Å². The maximum absolute atomic E-state index is 13.0. The fraction of sp³-hybridized carbons (Fsp3) is 0.346. The SMILES string of the molecule is C=C(c1c(C)c(C(=O)OC(C)C)cc2cc(-c3ccc4c(c3)OCO4)cn12)N1CCOCC1. The van der Waals surface area contributed by atoms with Gasteiger partial charge in [0.05, 0.1) is 36.3 Å². The Hall–Kier alpha value is -3.45. The fourth-order valence-electron chi connectivity index (χ4n) is 4.41. The standard InChI is InChI=1S/C26H28N2O5/c1-16(2)33-26(29)22-13-21-11-20(19-5-6-23-24(12-19)32-15-31-23)14-28(21)25(17(22)3)18(4)27-7-9-30-10-8-27/h5-6,11-14,16H,4,7-10,15H2,1-3H3. The van der Waals surface area contributed by atoms with E-state index in [0.717, 1.165) is 58.2 Å². The number of hydrogen-bond donors (Lipinski definition) is 0. The van der Waals surface area contributed by atoms with Gasteiger partial charge in [-0.15, -0.1) is 0 Å². The monoisotopic (exact) mass is 448 g/mol. The third kappa shape index (κ3) is 3.93. The maximum Gasteiger partial charge on any atom is 0.338 e. The Labute approximate surface area is 193 Å². The van der Waals surface area contributed by atoms with Gasteiger partial charge >= 0.3 is 5.97 Å². The van der Waals surface area contributed by atoms with E-state index in [1.807, 2.05) is 45.0 Å². The molecule has 0 spiro atoms. The summed E-state index contributed by atoms with van der Waals surface area (Å²) in [6.07, 6.45) is 1.88. The van der Waals surface area contributed by atoms with Crippen LogP contribution in [0.3, 0.4) is 0 Å². The summed E-state index contributed by atoms with van der Waals surface area (Å²) in [6.45, 7) is 13.2. The molecule has 2 aromatic heterocycles. The van der Waals surface area contributed by atoms with Crippen molar-refractivity contribution >= 4 is 17.2 Å². The molecule has 0 unspecified atom stereocenters. The molecule has 0 N–H and O–H groups in total. The van der Waals surface area contributed by atoms with Crippen molar-refractivity contribution in [1.82, 2.24) is 9.30 Å². The number of fused-ring (bicyclic) bond motifs is 2. The highest BCUT2D eigenvalue weighted by Gasteiger charge is 2.24. The molecule has 5 rings (SSSR count). The number of carbonyl (C=O) groups is 1. The van der Waals surface area contributed by atoms with Crippen LogP contribution in [0, 0.1) is 6.92 Å². The number of ether oxygens (including phenoxy) is 4. The van der Waals surface area contributed by atoms with Gasteiger partial charge in [0.15, 0.2) is 11.5 Å². The van der Waals surface area contributed by atoms with E-state index in [1.54, 1.807) is 0 Å². The average molecular weight is 449 g/mol. The van der Waals surface area contributed by atoms with Crippen molar-refractivity contribution in [2.24, 2.45) is 0 Å². The van der Waals surface area contributed by atoms with Crippen LogP contribution in [-0.2, 0) is 9.47 Å². The lowest BCUT2D eigenvalue weighted by Gasteiger charge is -2.31. The second-order valence-electron chi connectivity index (χ2n) is 8.62. The van der Waals surface area contributed by atoms with Crippen LogP contribution >= 0.6 is 0 Å². The number of nitrogens with zero attached hydrogens (tertiary/aromatic N) is 2. The Morgan fingerprint density at radius 1 is 1.06 bits per heavy atom. The largest absolute Gasteiger partial charge is 0.459 e. The van der Waals surface area contributed by atoms with Crippen molar-refractivity contribution in [3.05, 3.63) is 59.9 Å². The molecule has 33 heavy (non-hydrogen) atoms.